The average Bonchev–Trinajstić information content (AvgIpc) is 3.09. The molecule has 0 radical (unpaired) electrons. The lowest BCUT2D eigenvalue weighted by Crippen LogP contribution is -2.40. The molecule has 3 aromatic rings. The Balaban J connectivity index is 1.33. The number of fused-ring (bicyclic) bond motifs is 2. The van der Waals surface area contributed by atoms with E-state index in [1.54, 1.807) is 4.90 Å². The maximum atomic E-state index is 12.4. The van der Waals surface area contributed by atoms with Crippen molar-refractivity contribution in [2.45, 2.75) is 6.42 Å². The Morgan fingerprint density at radius 3 is 2.76 bits per heavy atom. The predicted octanol–water partition coefficient (Wildman–Crippen LogP) is 3.99. The molecule has 0 spiro atoms. The third-order valence-corrected chi connectivity index (χ3v) is 4.52. The number of anilines is 1. The van der Waals surface area contributed by atoms with Crippen LogP contribution in [0.5, 0.6) is 5.75 Å². The Morgan fingerprint density at radius 2 is 1.80 bits per heavy atom. The van der Waals surface area contributed by atoms with Crippen LogP contribution in [0.25, 0.3) is 10.8 Å². The molecule has 4 nitrogen and oxygen atoms in total. The number of rotatable bonds is 4. The van der Waals surface area contributed by atoms with Gasteiger partial charge in [0.2, 0.25) is 0 Å². The van der Waals surface area contributed by atoms with Gasteiger partial charge in [-0.25, -0.2) is 4.79 Å². The molecule has 0 aliphatic carbocycles. The molecule has 0 atom stereocenters. The first-order valence-electron chi connectivity index (χ1n) is 8.57. The predicted molar refractivity (Wildman–Crippen MR) is 100 cm³/mol. The highest BCUT2D eigenvalue weighted by atomic mass is 16.5. The van der Waals surface area contributed by atoms with Crippen molar-refractivity contribution in [3.63, 3.8) is 0 Å². The van der Waals surface area contributed by atoms with Crippen LogP contribution in [0.2, 0.25) is 0 Å². The summed E-state index contributed by atoms with van der Waals surface area (Å²) in [7, 11) is 0. The molecule has 0 unspecified atom stereocenters. The number of hydrogen-bond acceptors (Lipinski definition) is 2. The SMILES string of the molecule is O=C(NCCOc1cccc2ccccc12)N1CCc2ccccc21. The van der Waals surface area contributed by atoms with Crippen molar-refractivity contribution in [3.05, 3.63) is 72.3 Å². The van der Waals surface area contributed by atoms with E-state index in [-0.39, 0.29) is 6.03 Å². The van der Waals surface area contributed by atoms with Crippen molar-refractivity contribution in [2.75, 3.05) is 24.6 Å². The Labute approximate surface area is 147 Å². The summed E-state index contributed by atoms with van der Waals surface area (Å²) in [5, 5.41) is 5.18. The molecule has 0 bridgehead atoms. The Kier molecular flexibility index (Phi) is 4.25. The first kappa shape index (κ1) is 15.5. The molecule has 2 amide bonds. The molecular weight excluding hydrogens is 312 g/mol. The lowest BCUT2D eigenvalue weighted by Gasteiger charge is -2.18. The molecule has 0 saturated heterocycles. The van der Waals surface area contributed by atoms with Gasteiger partial charge in [0.05, 0.1) is 6.54 Å². The van der Waals surface area contributed by atoms with Crippen molar-refractivity contribution < 1.29 is 9.53 Å². The van der Waals surface area contributed by atoms with Gasteiger partial charge in [-0.05, 0) is 29.5 Å². The van der Waals surface area contributed by atoms with Gasteiger partial charge in [0.1, 0.15) is 12.4 Å². The maximum absolute atomic E-state index is 12.4. The second-order valence-electron chi connectivity index (χ2n) is 6.09. The van der Waals surface area contributed by atoms with Crippen LogP contribution in [-0.4, -0.2) is 25.7 Å². The summed E-state index contributed by atoms with van der Waals surface area (Å²) >= 11 is 0. The maximum Gasteiger partial charge on any atom is 0.322 e. The van der Waals surface area contributed by atoms with Gasteiger partial charge in [0, 0.05) is 17.6 Å². The van der Waals surface area contributed by atoms with Crippen LogP contribution in [0.4, 0.5) is 10.5 Å². The van der Waals surface area contributed by atoms with Gasteiger partial charge in [0.25, 0.3) is 0 Å². The molecule has 4 heteroatoms. The lowest BCUT2D eigenvalue weighted by atomic mass is 10.1. The highest BCUT2D eigenvalue weighted by molar-refractivity contribution is 5.94. The molecule has 126 valence electrons. The van der Waals surface area contributed by atoms with Crippen LogP contribution in [0.3, 0.4) is 0 Å². The lowest BCUT2D eigenvalue weighted by molar-refractivity contribution is 0.242. The summed E-state index contributed by atoms with van der Waals surface area (Å²) in [6, 6.07) is 22.1. The summed E-state index contributed by atoms with van der Waals surface area (Å²) < 4.78 is 5.87. The van der Waals surface area contributed by atoms with Gasteiger partial charge < -0.3 is 10.1 Å². The third-order valence-electron chi connectivity index (χ3n) is 4.52. The second-order valence-corrected chi connectivity index (χ2v) is 6.09. The van der Waals surface area contributed by atoms with Gasteiger partial charge in [-0.3, -0.25) is 4.90 Å². The van der Waals surface area contributed by atoms with E-state index >= 15 is 0 Å². The number of nitrogens with one attached hydrogen (secondary N) is 1. The van der Waals surface area contributed by atoms with Crippen molar-refractivity contribution in [3.8, 4) is 5.75 Å². The summed E-state index contributed by atoms with van der Waals surface area (Å²) in [5.41, 5.74) is 2.24. The normalized spacial score (nSPS) is 12.9. The molecule has 0 aromatic heterocycles. The molecule has 1 heterocycles. The summed E-state index contributed by atoms with van der Waals surface area (Å²) in [4.78, 5) is 14.2. The molecule has 3 aromatic carbocycles. The molecule has 1 aliphatic rings. The Morgan fingerprint density at radius 1 is 1.00 bits per heavy atom. The van der Waals surface area contributed by atoms with E-state index in [0.717, 1.165) is 35.2 Å². The molecule has 1 N–H and O–H groups in total. The summed E-state index contributed by atoms with van der Waals surface area (Å²) in [6.45, 7) is 1.64. The first-order valence-corrected chi connectivity index (χ1v) is 8.57. The number of amides is 2. The van der Waals surface area contributed by atoms with Crippen LogP contribution in [0, 0.1) is 0 Å². The van der Waals surface area contributed by atoms with Gasteiger partial charge >= 0.3 is 6.03 Å². The number of urea groups is 1. The van der Waals surface area contributed by atoms with E-state index in [1.807, 2.05) is 48.5 Å². The van der Waals surface area contributed by atoms with Gasteiger partial charge in [-0.1, -0.05) is 54.6 Å². The zero-order chi connectivity index (χ0) is 17.1. The van der Waals surface area contributed by atoms with E-state index in [0.29, 0.717) is 13.2 Å². The van der Waals surface area contributed by atoms with E-state index in [9.17, 15) is 4.79 Å². The fourth-order valence-corrected chi connectivity index (χ4v) is 3.29. The fourth-order valence-electron chi connectivity index (χ4n) is 3.29. The van der Waals surface area contributed by atoms with Crippen molar-refractivity contribution >= 4 is 22.5 Å². The minimum atomic E-state index is -0.0635. The van der Waals surface area contributed by atoms with E-state index < -0.39 is 0 Å². The number of ether oxygens (including phenoxy) is 1. The molecule has 4 rings (SSSR count). The zero-order valence-corrected chi connectivity index (χ0v) is 13.9. The van der Waals surface area contributed by atoms with Crippen molar-refractivity contribution in [1.29, 1.82) is 0 Å². The number of carbonyl (C=O) groups is 1. The molecule has 1 aliphatic heterocycles. The van der Waals surface area contributed by atoms with Crippen LogP contribution in [-0.2, 0) is 6.42 Å². The molecular formula is C21H20N2O2. The quantitative estimate of drug-likeness (QED) is 0.734. The number of nitrogens with zero attached hydrogens (tertiary/aromatic N) is 1. The van der Waals surface area contributed by atoms with Crippen LogP contribution in [0.1, 0.15) is 5.56 Å². The first-order chi connectivity index (χ1) is 12.3. The van der Waals surface area contributed by atoms with E-state index in [1.165, 1.54) is 5.56 Å². The summed E-state index contributed by atoms with van der Waals surface area (Å²) in [5.74, 6) is 0.846. The van der Waals surface area contributed by atoms with Crippen molar-refractivity contribution in [1.82, 2.24) is 5.32 Å². The fraction of sp³-hybridized carbons (Fsp3) is 0.190. The van der Waals surface area contributed by atoms with E-state index in [4.69, 9.17) is 4.74 Å². The minimum absolute atomic E-state index is 0.0635. The Bertz CT molecular complexity index is 902. The monoisotopic (exact) mass is 332 g/mol. The highest BCUT2D eigenvalue weighted by Gasteiger charge is 2.23. The van der Waals surface area contributed by atoms with Crippen molar-refractivity contribution in [2.24, 2.45) is 0 Å². The number of para-hydroxylation sites is 1. The number of hydrogen-bond donors (Lipinski definition) is 1. The van der Waals surface area contributed by atoms with Crippen LogP contribution >= 0.6 is 0 Å². The highest BCUT2D eigenvalue weighted by Crippen LogP contribution is 2.27. The molecule has 0 saturated carbocycles. The van der Waals surface area contributed by atoms with E-state index in [2.05, 4.69) is 23.5 Å². The average molecular weight is 332 g/mol. The second kappa shape index (κ2) is 6.85. The number of carbonyl (C=O) groups excluding carboxylic acids is 1. The Hall–Kier alpha value is -3.01. The van der Waals surface area contributed by atoms with Gasteiger partial charge in [-0.15, -0.1) is 0 Å². The third kappa shape index (κ3) is 3.15. The zero-order valence-electron chi connectivity index (χ0n) is 13.9. The minimum Gasteiger partial charge on any atom is -0.491 e. The van der Waals surface area contributed by atoms with Crippen LogP contribution < -0.4 is 15.0 Å². The summed E-state index contributed by atoms with van der Waals surface area (Å²) in [6.07, 6.45) is 0.913. The van der Waals surface area contributed by atoms with Gasteiger partial charge in [-0.2, -0.15) is 0 Å². The van der Waals surface area contributed by atoms with Gasteiger partial charge in [0.15, 0.2) is 0 Å². The number of benzene rings is 3. The smallest absolute Gasteiger partial charge is 0.322 e. The standard InChI is InChI=1S/C21H20N2O2/c24-21(23-14-12-17-7-2-4-10-19(17)23)22-13-15-25-20-11-5-8-16-6-1-3-9-18(16)20/h1-11H,12-15H2,(H,22,24). The topological polar surface area (TPSA) is 41.6 Å². The molecule has 0 fully saturated rings. The largest absolute Gasteiger partial charge is 0.491 e. The van der Waals surface area contributed by atoms with Crippen LogP contribution in [0.15, 0.2) is 66.7 Å². The molecule has 25 heavy (non-hydrogen) atoms.